The van der Waals surface area contributed by atoms with Crippen molar-refractivity contribution < 1.29 is 27.1 Å². The number of nitriles is 1. The lowest BCUT2D eigenvalue weighted by Gasteiger charge is -2.26. The second-order valence-corrected chi connectivity index (χ2v) is 7.22. The molecule has 0 radical (unpaired) electrons. The maximum atomic E-state index is 13.6. The normalized spacial score (nSPS) is 13.5. The average molecular weight is 453 g/mol. The van der Waals surface area contributed by atoms with Crippen LogP contribution in [0, 0.1) is 23.0 Å². The summed E-state index contributed by atoms with van der Waals surface area (Å²) < 4.78 is 66.7. The van der Waals surface area contributed by atoms with Gasteiger partial charge in [0, 0.05) is 22.7 Å². The predicted octanol–water partition coefficient (Wildman–Crippen LogP) is 6.32. The van der Waals surface area contributed by atoms with Crippen LogP contribution in [0.5, 0.6) is 0 Å². The lowest BCUT2D eigenvalue weighted by molar-refractivity contribution is -0.144. The van der Waals surface area contributed by atoms with E-state index in [0.717, 1.165) is 24.3 Å². The molecule has 3 aromatic rings. The van der Waals surface area contributed by atoms with E-state index < -0.39 is 36.3 Å². The van der Waals surface area contributed by atoms with Gasteiger partial charge in [-0.05, 0) is 53.6 Å². The summed E-state index contributed by atoms with van der Waals surface area (Å²) in [5.74, 6) is -2.95. The zero-order valence-electron chi connectivity index (χ0n) is 15.7. The van der Waals surface area contributed by atoms with Crippen LogP contribution in [0.2, 0.25) is 5.02 Å². The first-order valence-corrected chi connectivity index (χ1v) is 9.32. The van der Waals surface area contributed by atoms with Crippen molar-refractivity contribution in [2.75, 3.05) is 0 Å². The monoisotopic (exact) mass is 452 g/mol. The van der Waals surface area contributed by atoms with Crippen LogP contribution < -0.4 is 0 Å². The van der Waals surface area contributed by atoms with E-state index in [1.54, 1.807) is 6.07 Å². The number of benzene rings is 2. The first-order valence-electron chi connectivity index (χ1n) is 8.95. The largest absolute Gasteiger partial charge is 0.389 e. The highest BCUT2D eigenvalue weighted by Gasteiger charge is 2.37. The lowest BCUT2D eigenvalue weighted by Crippen LogP contribution is -2.20. The minimum atomic E-state index is -4.63. The molecule has 0 saturated heterocycles. The van der Waals surface area contributed by atoms with Gasteiger partial charge in [0.2, 0.25) is 0 Å². The van der Waals surface area contributed by atoms with E-state index in [0.29, 0.717) is 5.56 Å². The van der Waals surface area contributed by atoms with Crippen molar-refractivity contribution >= 4 is 11.6 Å². The molecule has 3 rings (SSSR count). The van der Waals surface area contributed by atoms with E-state index in [9.17, 15) is 27.1 Å². The molecule has 0 amide bonds. The molecule has 0 spiro atoms. The standard InChI is InChI=1S/C22H14ClF5N2O/c23-18-9-15(24)2-3-16(18)17(10-22(26,27)28)21(31)13-5-6-30-20(8-13)12-1-4-19(25)14(7-12)11-29/h1-9,17,21,31H,10H2. The van der Waals surface area contributed by atoms with Gasteiger partial charge in [0.1, 0.15) is 17.7 Å². The Morgan fingerprint density at radius 1 is 1.06 bits per heavy atom. The number of halogens is 6. The van der Waals surface area contributed by atoms with Crippen molar-refractivity contribution in [3.8, 4) is 17.3 Å². The molecule has 160 valence electrons. The first kappa shape index (κ1) is 22.7. The van der Waals surface area contributed by atoms with Crippen molar-refractivity contribution in [2.45, 2.75) is 24.6 Å². The fourth-order valence-electron chi connectivity index (χ4n) is 3.23. The van der Waals surface area contributed by atoms with Crippen LogP contribution in [0.4, 0.5) is 22.0 Å². The van der Waals surface area contributed by atoms with E-state index >= 15 is 0 Å². The van der Waals surface area contributed by atoms with Crippen LogP contribution >= 0.6 is 11.6 Å². The van der Waals surface area contributed by atoms with E-state index in [1.807, 2.05) is 0 Å². The highest BCUT2D eigenvalue weighted by molar-refractivity contribution is 6.31. The fraction of sp³-hybridized carbons (Fsp3) is 0.182. The van der Waals surface area contributed by atoms with Crippen molar-refractivity contribution in [2.24, 2.45) is 0 Å². The molecule has 0 aliphatic carbocycles. The molecular weight excluding hydrogens is 439 g/mol. The molecule has 9 heteroatoms. The maximum Gasteiger partial charge on any atom is 0.389 e. The molecule has 1 aromatic heterocycles. The number of pyridine rings is 1. The number of nitrogens with zero attached hydrogens (tertiary/aromatic N) is 2. The molecule has 2 aromatic carbocycles. The highest BCUT2D eigenvalue weighted by Crippen LogP contribution is 2.42. The number of hydrogen-bond acceptors (Lipinski definition) is 3. The maximum absolute atomic E-state index is 13.6. The molecule has 0 aliphatic heterocycles. The van der Waals surface area contributed by atoms with Gasteiger partial charge in [0.25, 0.3) is 0 Å². The van der Waals surface area contributed by atoms with E-state index in [2.05, 4.69) is 4.98 Å². The van der Waals surface area contributed by atoms with Crippen LogP contribution in [-0.2, 0) is 0 Å². The minimum absolute atomic E-state index is 0.0557. The lowest BCUT2D eigenvalue weighted by atomic mass is 9.86. The molecule has 0 bridgehead atoms. The zero-order valence-corrected chi connectivity index (χ0v) is 16.4. The molecule has 31 heavy (non-hydrogen) atoms. The van der Waals surface area contributed by atoms with Crippen LogP contribution in [-0.4, -0.2) is 16.3 Å². The summed E-state index contributed by atoms with van der Waals surface area (Å²) in [4.78, 5) is 4.09. The quantitative estimate of drug-likeness (QED) is 0.461. The highest BCUT2D eigenvalue weighted by atomic mass is 35.5. The number of rotatable bonds is 5. The molecule has 1 N–H and O–H groups in total. The molecule has 1 heterocycles. The third-order valence-corrected chi connectivity index (χ3v) is 5.03. The smallest absolute Gasteiger partial charge is 0.388 e. The number of aliphatic hydroxyl groups excluding tert-OH is 1. The van der Waals surface area contributed by atoms with Gasteiger partial charge in [-0.3, -0.25) is 4.98 Å². The summed E-state index contributed by atoms with van der Waals surface area (Å²) in [6.45, 7) is 0. The minimum Gasteiger partial charge on any atom is -0.388 e. The van der Waals surface area contributed by atoms with Gasteiger partial charge < -0.3 is 5.11 Å². The molecule has 2 atom stereocenters. The van der Waals surface area contributed by atoms with Gasteiger partial charge in [-0.1, -0.05) is 17.7 Å². The first-order chi connectivity index (χ1) is 14.6. The summed E-state index contributed by atoms with van der Waals surface area (Å²) in [5.41, 5.74) is 0.392. The van der Waals surface area contributed by atoms with Crippen LogP contribution in [0.3, 0.4) is 0 Å². The zero-order chi connectivity index (χ0) is 22.8. The Bertz CT molecular complexity index is 1140. The molecule has 0 aliphatic rings. The van der Waals surface area contributed by atoms with Gasteiger partial charge in [-0.25, -0.2) is 8.78 Å². The topological polar surface area (TPSA) is 56.9 Å². The molecular formula is C22H14ClF5N2O. The van der Waals surface area contributed by atoms with Crippen LogP contribution in [0.1, 0.15) is 35.1 Å². The van der Waals surface area contributed by atoms with Crippen molar-refractivity contribution in [1.82, 2.24) is 4.98 Å². The summed E-state index contributed by atoms with van der Waals surface area (Å²) in [6.07, 6.45) is -6.40. The molecule has 2 unspecified atom stereocenters. The van der Waals surface area contributed by atoms with E-state index in [-0.39, 0.29) is 27.4 Å². The molecule has 0 fully saturated rings. The number of aromatic nitrogens is 1. The summed E-state index contributed by atoms with van der Waals surface area (Å²) >= 11 is 5.96. The van der Waals surface area contributed by atoms with Crippen molar-refractivity contribution in [3.63, 3.8) is 0 Å². The summed E-state index contributed by atoms with van der Waals surface area (Å²) in [6, 6.07) is 11.0. The number of alkyl halides is 3. The molecule has 0 saturated carbocycles. The Hall–Kier alpha value is -3.02. The van der Waals surface area contributed by atoms with Gasteiger partial charge in [-0.15, -0.1) is 0 Å². The van der Waals surface area contributed by atoms with Crippen molar-refractivity contribution in [3.05, 3.63) is 88.1 Å². The number of hydrogen-bond donors (Lipinski definition) is 1. The Morgan fingerprint density at radius 3 is 2.45 bits per heavy atom. The van der Waals surface area contributed by atoms with Gasteiger partial charge >= 0.3 is 6.18 Å². The third kappa shape index (κ3) is 5.37. The third-order valence-electron chi connectivity index (χ3n) is 4.70. The second-order valence-electron chi connectivity index (χ2n) is 6.82. The predicted molar refractivity (Wildman–Crippen MR) is 104 cm³/mol. The van der Waals surface area contributed by atoms with Gasteiger partial charge in [-0.2, -0.15) is 18.4 Å². The van der Waals surface area contributed by atoms with Crippen molar-refractivity contribution in [1.29, 1.82) is 5.26 Å². The van der Waals surface area contributed by atoms with Gasteiger partial charge in [0.15, 0.2) is 0 Å². The van der Waals surface area contributed by atoms with E-state index in [4.69, 9.17) is 16.9 Å². The number of aliphatic hydroxyl groups is 1. The fourth-order valence-corrected chi connectivity index (χ4v) is 3.54. The Morgan fingerprint density at radius 2 is 1.81 bits per heavy atom. The summed E-state index contributed by atoms with van der Waals surface area (Å²) in [7, 11) is 0. The second kappa shape index (κ2) is 9.00. The Kier molecular flexibility index (Phi) is 6.58. The Labute approximate surface area is 179 Å². The van der Waals surface area contributed by atoms with E-state index in [1.165, 1.54) is 30.5 Å². The van der Waals surface area contributed by atoms with Crippen LogP contribution in [0.25, 0.3) is 11.3 Å². The van der Waals surface area contributed by atoms with Gasteiger partial charge in [0.05, 0.1) is 23.8 Å². The Balaban J connectivity index is 2.03. The van der Waals surface area contributed by atoms with Crippen LogP contribution in [0.15, 0.2) is 54.7 Å². The molecule has 3 nitrogen and oxygen atoms in total. The SMILES string of the molecule is N#Cc1cc(-c2cc(C(O)C(CC(F)(F)F)c3ccc(F)cc3Cl)ccn2)ccc1F. The average Bonchev–Trinajstić information content (AvgIpc) is 2.71. The summed E-state index contributed by atoms with van der Waals surface area (Å²) in [5, 5.41) is 19.6.